The lowest BCUT2D eigenvalue weighted by atomic mass is 10.0. The van der Waals surface area contributed by atoms with Gasteiger partial charge in [-0.1, -0.05) is 12.1 Å². The molecule has 0 amide bonds. The van der Waals surface area contributed by atoms with Crippen LogP contribution in [-0.4, -0.2) is 49.8 Å². The van der Waals surface area contributed by atoms with E-state index in [0.29, 0.717) is 26.2 Å². The number of hydrogen-bond acceptors (Lipinski definition) is 3. The van der Waals surface area contributed by atoms with E-state index < -0.39 is 36.9 Å². The summed E-state index contributed by atoms with van der Waals surface area (Å²) in [4.78, 5) is 1.65. The van der Waals surface area contributed by atoms with Crippen LogP contribution >= 0.6 is 0 Å². The minimum atomic E-state index is -4.66. The van der Waals surface area contributed by atoms with Crippen molar-refractivity contribution in [3.05, 3.63) is 29.8 Å². The Kier molecular flexibility index (Phi) is 6.15. The molecule has 10 heteroatoms. The quantitative estimate of drug-likeness (QED) is 0.767. The number of ether oxygens (including phenoxy) is 1. The van der Waals surface area contributed by atoms with E-state index in [2.05, 4.69) is 10.1 Å². The maximum Gasteiger partial charge on any atom is 0.461 e. The van der Waals surface area contributed by atoms with Gasteiger partial charge >= 0.3 is 18.7 Å². The molecule has 0 unspecified atom stereocenters. The summed E-state index contributed by atoms with van der Waals surface area (Å²) in [5, 5.41) is 3.03. The molecule has 0 spiro atoms. The molecule has 0 aliphatic carbocycles. The predicted molar refractivity (Wildman–Crippen MR) is 75.9 cm³/mol. The number of benzene rings is 1. The average molecular weight is 374 g/mol. The molecule has 1 fully saturated rings. The maximum atomic E-state index is 12.9. The first-order valence-electron chi connectivity index (χ1n) is 7.55. The number of nitrogens with zero attached hydrogens (tertiary/aromatic N) is 1. The first-order valence-corrected chi connectivity index (χ1v) is 7.55. The summed E-state index contributed by atoms with van der Waals surface area (Å²) in [7, 11) is 0. The van der Waals surface area contributed by atoms with Crippen molar-refractivity contribution in [1.29, 1.82) is 0 Å². The lowest BCUT2D eigenvalue weighted by molar-refractivity contribution is -0.253. The second kappa shape index (κ2) is 7.77. The van der Waals surface area contributed by atoms with Crippen molar-refractivity contribution in [2.24, 2.45) is 0 Å². The van der Waals surface area contributed by atoms with Gasteiger partial charge in [0.2, 0.25) is 0 Å². The molecule has 1 saturated heterocycles. The summed E-state index contributed by atoms with van der Waals surface area (Å²) in [6, 6.07) is 3.34. The highest BCUT2D eigenvalue weighted by molar-refractivity contribution is 5.30. The van der Waals surface area contributed by atoms with Crippen LogP contribution in [0, 0.1) is 0 Å². The van der Waals surface area contributed by atoms with Crippen molar-refractivity contribution >= 4 is 0 Å². The number of nitrogens with one attached hydrogen (secondary N) is 1. The van der Waals surface area contributed by atoms with Gasteiger partial charge in [0.25, 0.3) is 0 Å². The maximum absolute atomic E-state index is 12.9. The van der Waals surface area contributed by atoms with Crippen molar-refractivity contribution in [1.82, 2.24) is 10.2 Å². The predicted octanol–water partition coefficient (Wildman–Crippen LogP) is 3.82. The largest absolute Gasteiger partial charge is 0.461 e. The van der Waals surface area contributed by atoms with Gasteiger partial charge in [-0.25, -0.2) is 0 Å². The zero-order chi connectivity index (χ0) is 18.7. The molecule has 3 nitrogen and oxygen atoms in total. The van der Waals surface area contributed by atoms with E-state index in [9.17, 15) is 30.7 Å². The first-order chi connectivity index (χ1) is 11.6. The van der Waals surface area contributed by atoms with Gasteiger partial charge in [-0.2, -0.15) is 30.7 Å². The van der Waals surface area contributed by atoms with Crippen molar-refractivity contribution < 1.29 is 35.5 Å². The molecule has 0 bridgehead atoms. The summed E-state index contributed by atoms with van der Waals surface area (Å²) >= 11 is 0. The van der Waals surface area contributed by atoms with Crippen LogP contribution in [0.15, 0.2) is 24.3 Å². The SMILES string of the molecule is FC(F)C(F)(F)Oc1ccc([C@@H](CC(F)(F)F)N2CCNCC2)cc1. The molecular formula is C15H17F7N2O. The van der Waals surface area contributed by atoms with Crippen molar-refractivity contribution in [2.45, 2.75) is 31.2 Å². The zero-order valence-electron chi connectivity index (χ0n) is 13.0. The molecule has 2 rings (SSSR count). The van der Waals surface area contributed by atoms with Crippen LogP contribution in [-0.2, 0) is 0 Å². The fourth-order valence-electron chi connectivity index (χ4n) is 2.63. The molecule has 0 radical (unpaired) electrons. The third kappa shape index (κ3) is 5.74. The van der Waals surface area contributed by atoms with E-state index >= 15 is 0 Å². The summed E-state index contributed by atoms with van der Waals surface area (Å²) in [5.74, 6) is -0.542. The summed E-state index contributed by atoms with van der Waals surface area (Å²) in [5.41, 5.74) is 0.256. The van der Waals surface area contributed by atoms with Gasteiger partial charge in [-0.05, 0) is 17.7 Å². The normalized spacial score (nSPS) is 18.4. The van der Waals surface area contributed by atoms with Gasteiger partial charge in [0.05, 0.1) is 6.42 Å². The topological polar surface area (TPSA) is 24.5 Å². The highest BCUT2D eigenvalue weighted by Gasteiger charge is 2.44. The number of piperazine rings is 1. The van der Waals surface area contributed by atoms with E-state index in [-0.39, 0.29) is 5.56 Å². The standard InChI is InChI=1S/C15H17F7N2O/c16-13(17)15(21,22)25-11-3-1-10(2-4-11)12(9-14(18,19)20)24-7-5-23-6-8-24/h1-4,12-13,23H,5-9H2/t12-/m1/s1. The third-order valence-electron chi connectivity index (χ3n) is 3.79. The molecule has 25 heavy (non-hydrogen) atoms. The van der Waals surface area contributed by atoms with E-state index in [1.54, 1.807) is 4.90 Å². The van der Waals surface area contributed by atoms with E-state index in [4.69, 9.17) is 0 Å². The van der Waals surface area contributed by atoms with Crippen molar-refractivity contribution in [2.75, 3.05) is 26.2 Å². The van der Waals surface area contributed by atoms with Crippen LogP contribution < -0.4 is 10.1 Å². The number of hydrogen-bond donors (Lipinski definition) is 1. The van der Waals surface area contributed by atoms with Gasteiger partial charge in [0.15, 0.2) is 0 Å². The molecule has 142 valence electrons. The van der Waals surface area contributed by atoms with E-state index in [1.165, 1.54) is 12.1 Å². The molecule has 0 aromatic heterocycles. The molecular weight excluding hydrogens is 357 g/mol. The molecule has 1 N–H and O–H groups in total. The smallest absolute Gasteiger partial charge is 0.428 e. The molecule has 1 atom stereocenters. The molecule has 1 aromatic carbocycles. The summed E-state index contributed by atoms with van der Waals surface area (Å²) < 4.78 is 92.6. The highest BCUT2D eigenvalue weighted by Crippen LogP contribution is 2.35. The number of alkyl halides is 7. The zero-order valence-corrected chi connectivity index (χ0v) is 13.0. The van der Waals surface area contributed by atoms with Gasteiger partial charge < -0.3 is 10.1 Å². The first kappa shape index (κ1) is 19.8. The van der Waals surface area contributed by atoms with Gasteiger partial charge in [-0.15, -0.1) is 0 Å². The number of halogens is 7. The van der Waals surface area contributed by atoms with Crippen LogP contribution in [0.25, 0.3) is 0 Å². The Labute approximate surface area is 139 Å². The van der Waals surface area contributed by atoms with Gasteiger partial charge in [0.1, 0.15) is 5.75 Å². The fourth-order valence-corrected chi connectivity index (χ4v) is 2.63. The molecule has 0 saturated carbocycles. The minimum Gasteiger partial charge on any atom is -0.428 e. The monoisotopic (exact) mass is 374 g/mol. The van der Waals surface area contributed by atoms with Gasteiger partial charge in [-0.3, -0.25) is 4.90 Å². The summed E-state index contributed by atoms with van der Waals surface area (Å²) in [6.07, 6.45) is -14.2. The lowest BCUT2D eigenvalue weighted by Gasteiger charge is -2.35. The van der Waals surface area contributed by atoms with E-state index in [1.807, 2.05) is 0 Å². The van der Waals surface area contributed by atoms with Crippen LogP contribution in [0.2, 0.25) is 0 Å². The lowest BCUT2D eigenvalue weighted by Crippen LogP contribution is -2.46. The fraction of sp³-hybridized carbons (Fsp3) is 0.600. The second-order valence-corrected chi connectivity index (χ2v) is 5.65. The Morgan fingerprint density at radius 3 is 2.04 bits per heavy atom. The van der Waals surface area contributed by atoms with Crippen LogP contribution in [0.3, 0.4) is 0 Å². The molecule has 1 aliphatic rings. The second-order valence-electron chi connectivity index (χ2n) is 5.65. The molecule has 1 aromatic rings. The molecule has 1 aliphatic heterocycles. The average Bonchev–Trinajstić information content (AvgIpc) is 2.53. The Balaban J connectivity index is 2.17. The highest BCUT2D eigenvalue weighted by atomic mass is 19.4. The van der Waals surface area contributed by atoms with Crippen molar-refractivity contribution in [3.8, 4) is 5.75 Å². The Bertz CT molecular complexity index is 542. The van der Waals surface area contributed by atoms with Crippen LogP contribution in [0.5, 0.6) is 5.75 Å². The third-order valence-corrected chi connectivity index (χ3v) is 3.79. The van der Waals surface area contributed by atoms with E-state index in [0.717, 1.165) is 12.1 Å². The minimum absolute atomic E-state index is 0.256. The number of rotatable bonds is 6. The van der Waals surface area contributed by atoms with Gasteiger partial charge in [0, 0.05) is 32.2 Å². The van der Waals surface area contributed by atoms with Crippen LogP contribution in [0.1, 0.15) is 18.0 Å². The Morgan fingerprint density at radius 2 is 1.56 bits per heavy atom. The summed E-state index contributed by atoms with van der Waals surface area (Å²) in [6.45, 7) is 1.89. The Morgan fingerprint density at radius 1 is 1.00 bits per heavy atom. The van der Waals surface area contributed by atoms with Crippen LogP contribution in [0.4, 0.5) is 30.7 Å². The Hall–Kier alpha value is -1.55. The van der Waals surface area contributed by atoms with Crippen molar-refractivity contribution in [3.63, 3.8) is 0 Å². The molecule has 1 heterocycles.